The minimum atomic E-state index is -3.85. The third-order valence-electron chi connectivity index (χ3n) is 4.25. The lowest BCUT2D eigenvalue weighted by molar-refractivity contribution is -0.124. The van der Waals surface area contributed by atoms with E-state index in [0.717, 1.165) is 0 Å². The fourth-order valence-electron chi connectivity index (χ4n) is 2.83. The zero-order valence-corrected chi connectivity index (χ0v) is 18.8. The van der Waals surface area contributed by atoms with Gasteiger partial charge in [-0.05, 0) is 65.0 Å². The molecule has 0 heterocycles. The topological polar surface area (TPSA) is 95.6 Å². The van der Waals surface area contributed by atoms with Crippen LogP contribution in [0, 0.1) is 0 Å². The number of hydrogen-bond acceptors (Lipinski definition) is 4. The van der Waals surface area contributed by atoms with E-state index in [4.69, 9.17) is 0 Å². The minimum absolute atomic E-state index is 0.00708. The van der Waals surface area contributed by atoms with E-state index < -0.39 is 27.5 Å². The first kappa shape index (κ1) is 23.4. The molecule has 0 radical (unpaired) electrons. The van der Waals surface area contributed by atoms with E-state index in [2.05, 4.69) is 10.6 Å². The number of carbonyl (C=O) groups is 2. The maximum absolute atomic E-state index is 13.2. The summed E-state index contributed by atoms with van der Waals surface area (Å²) in [6.45, 7) is 9.11. The second-order valence-electron chi connectivity index (χ2n) is 7.97. The van der Waals surface area contributed by atoms with E-state index in [1.165, 1.54) is 28.6 Å². The third kappa shape index (κ3) is 5.82. The molecule has 2 rings (SSSR count). The smallest absolute Gasteiger partial charge is 0.264 e. The first-order valence-electron chi connectivity index (χ1n) is 9.76. The number of nitrogens with one attached hydrogen (secondary N) is 2. The summed E-state index contributed by atoms with van der Waals surface area (Å²) in [6, 6.07) is 13.8. The van der Waals surface area contributed by atoms with Crippen molar-refractivity contribution in [2.45, 2.75) is 51.1 Å². The maximum Gasteiger partial charge on any atom is 0.264 e. The fraction of sp³-hybridized carbons (Fsp3) is 0.364. The standard InChI is InChI=1S/C22H29N3O4S/c1-6-25(18-12-8-7-9-13-18)30(28,29)19-14-10-11-17(15-19)21(27)23-16(2)20(26)24-22(3,4)5/h7-16H,6H2,1-5H3,(H,23,27)(H,24,26). The molecule has 162 valence electrons. The van der Waals surface area contributed by atoms with Gasteiger partial charge in [0.1, 0.15) is 6.04 Å². The van der Waals surface area contributed by atoms with Gasteiger partial charge in [-0.25, -0.2) is 8.42 Å². The summed E-state index contributed by atoms with van der Waals surface area (Å²) < 4.78 is 27.6. The van der Waals surface area contributed by atoms with Crippen molar-refractivity contribution in [2.24, 2.45) is 0 Å². The van der Waals surface area contributed by atoms with Gasteiger partial charge in [-0.1, -0.05) is 24.3 Å². The van der Waals surface area contributed by atoms with Crippen LogP contribution in [0.15, 0.2) is 59.5 Å². The molecule has 0 aliphatic carbocycles. The number of hydrogen-bond donors (Lipinski definition) is 2. The van der Waals surface area contributed by atoms with Crippen molar-refractivity contribution >= 4 is 27.5 Å². The Labute approximate surface area is 178 Å². The van der Waals surface area contributed by atoms with Crippen molar-refractivity contribution in [1.82, 2.24) is 10.6 Å². The molecule has 0 saturated carbocycles. The number of amides is 2. The number of rotatable bonds is 7. The molecule has 30 heavy (non-hydrogen) atoms. The number of carbonyl (C=O) groups excluding carboxylic acids is 2. The van der Waals surface area contributed by atoms with Crippen LogP contribution in [0.3, 0.4) is 0 Å². The van der Waals surface area contributed by atoms with Gasteiger partial charge >= 0.3 is 0 Å². The number of anilines is 1. The quantitative estimate of drug-likeness (QED) is 0.705. The summed E-state index contributed by atoms with van der Waals surface area (Å²) in [5.41, 5.74) is 0.281. The SMILES string of the molecule is CCN(c1ccccc1)S(=O)(=O)c1cccc(C(=O)NC(C)C(=O)NC(C)(C)C)c1. The molecule has 0 spiro atoms. The van der Waals surface area contributed by atoms with E-state index in [-0.39, 0.29) is 22.9 Å². The minimum Gasteiger partial charge on any atom is -0.350 e. The molecule has 2 amide bonds. The highest BCUT2D eigenvalue weighted by Crippen LogP contribution is 2.23. The highest BCUT2D eigenvalue weighted by molar-refractivity contribution is 7.92. The molecule has 0 aliphatic heterocycles. The molecule has 2 aromatic rings. The van der Waals surface area contributed by atoms with Gasteiger partial charge in [-0.3, -0.25) is 13.9 Å². The van der Waals surface area contributed by atoms with E-state index >= 15 is 0 Å². The molecule has 1 unspecified atom stereocenters. The van der Waals surface area contributed by atoms with Crippen molar-refractivity contribution in [2.75, 3.05) is 10.8 Å². The molecular weight excluding hydrogens is 402 g/mol. The van der Waals surface area contributed by atoms with Crippen LogP contribution in [0.1, 0.15) is 45.0 Å². The molecular formula is C22H29N3O4S. The molecule has 2 N–H and O–H groups in total. The van der Waals surface area contributed by atoms with E-state index in [1.54, 1.807) is 38.1 Å². The monoisotopic (exact) mass is 431 g/mol. The Balaban J connectivity index is 2.24. The van der Waals surface area contributed by atoms with Gasteiger partial charge in [0.05, 0.1) is 10.6 Å². The average molecular weight is 432 g/mol. The van der Waals surface area contributed by atoms with Gasteiger partial charge in [0.2, 0.25) is 5.91 Å². The Kier molecular flexibility index (Phi) is 7.25. The van der Waals surface area contributed by atoms with Gasteiger partial charge < -0.3 is 10.6 Å². The van der Waals surface area contributed by atoms with Crippen molar-refractivity contribution in [3.63, 3.8) is 0 Å². The third-order valence-corrected chi connectivity index (χ3v) is 6.15. The number of para-hydroxylation sites is 1. The summed E-state index contributed by atoms with van der Waals surface area (Å²) in [5.74, 6) is -0.841. The maximum atomic E-state index is 13.2. The Morgan fingerprint density at radius 3 is 2.23 bits per heavy atom. The van der Waals surface area contributed by atoms with Crippen LogP contribution in [0.25, 0.3) is 0 Å². The lowest BCUT2D eigenvalue weighted by Crippen LogP contribution is -2.50. The van der Waals surface area contributed by atoms with Crippen molar-refractivity contribution in [3.05, 3.63) is 60.2 Å². The predicted octanol–water partition coefficient (Wildman–Crippen LogP) is 2.93. The second kappa shape index (κ2) is 9.30. The van der Waals surface area contributed by atoms with Crippen molar-refractivity contribution < 1.29 is 18.0 Å². The van der Waals surface area contributed by atoms with Crippen molar-refractivity contribution in [1.29, 1.82) is 0 Å². The summed E-state index contributed by atoms with van der Waals surface area (Å²) in [4.78, 5) is 24.8. The van der Waals surface area contributed by atoms with E-state index in [9.17, 15) is 18.0 Å². The predicted molar refractivity (Wildman–Crippen MR) is 118 cm³/mol. The van der Waals surface area contributed by atoms with Gasteiger partial charge in [-0.15, -0.1) is 0 Å². The fourth-order valence-corrected chi connectivity index (χ4v) is 4.35. The summed E-state index contributed by atoms with van der Waals surface area (Å²) >= 11 is 0. The molecule has 1 atom stereocenters. The number of sulfonamides is 1. The van der Waals surface area contributed by atoms with E-state index in [0.29, 0.717) is 5.69 Å². The second-order valence-corrected chi connectivity index (χ2v) is 9.83. The van der Waals surface area contributed by atoms with Gasteiger partial charge in [-0.2, -0.15) is 0 Å². The van der Waals surface area contributed by atoms with Crippen LogP contribution in [0.5, 0.6) is 0 Å². The first-order valence-corrected chi connectivity index (χ1v) is 11.2. The van der Waals surface area contributed by atoms with Gasteiger partial charge in [0, 0.05) is 17.6 Å². The van der Waals surface area contributed by atoms with Crippen LogP contribution in [-0.4, -0.2) is 38.4 Å². The molecule has 0 aliphatic rings. The number of nitrogens with zero attached hydrogens (tertiary/aromatic N) is 1. The normalized spacial score (nSPS) is 12.7. The lowest BCUT2D eigenvalue weighted by atomic mass is 10.1. The molecule has 0 fully saturated rings. The molecule has 0 saturated heterocycles. The summed E-state index contributed by atoms with van der Waals surface area (Å²) in [6.07, 6.45) is 0. The zero-order valence-electron chi connectivity index (χ0n) is 18.0. The van der Waals surface area contributed by atoms with Crippen LogP contribution in [-0.2, 0) is 14.8 Å². The first-order chi connectivity index (χ1) is 14.0. The zero-order chi connectivity index (χ0) is 22.5. The summed E-state index contributed by atoms with van der Waals surface area (Å²) in [7, 11) is -3.85. The Bertz CT molecular complexity index is 999. The Morgan fingerprint density at radius 1 is 1.03 bits per heavy atom. The van der Waals surface area contributed by atoms with Crippen LogP contribution >= 0.6 is 0 Å². The summed E-state index contributed by atoms with van der Waals surface area (Å²) in [5, 5.41) is 5.41. The highest BCUT2D eigenvalue weighted by atomic mass is 32.2. The molecule has 8 heteroatoms. The molecule has 0 aromatic heterocycles. The average Bonchev–Trinajstić information content (AvgIpc) is 2.68. The lowest BCUT2D eigenvalue weighted by Gasteiger charge is -2.24. The van der Waals surface area contributed by atoms with E-state index in [1.807, 2.05) is 26.8 Å². The Hall–Kier alpha value is -2.87. The van der Waals surface area contributed by atoms with Gasteiger partial charge in [0.15, 0.2) is 0 Å². The number of benzene rings is 2. The van der Waals surface area contributed by atoms with Gasteiger partial charge in [0.25, 0.3) is 15.9 Å². The van der Waals surface area contributed by atoms with Crippen LogP contribution in [0.2, 0.25) is 0 Å². The van der Waals surface area contributed by atoms with Crippen LogP contribution in [0.4, 0.5) is 5.69 Å². The largest absolute Gasteiger partial charge is 0.350 e. The molecule has 0 bridgehead atoms. The Morgan fingerprint density at radius 2 is 1.67 bits per heavy atom. The molecule has 2 aromatic carbocycles. The highest BCUT2D eigenvalue weighted by Gasteiger charge is 2.25. The molecule has 7 nitrogen and oxygen atoms in total. The van der Waals surface area contributed by atoms with Crippen LogP contribution < -0.4 is 14.9 Å². The van der Waals surface area contributed by atoms with Crippen molar-refractivity contribution in [3.8, 4) is 0 Å².